The Morgan fingerprint density at radius 2 is 1.93 bits per heavy atom. The number of alkyl halides is 1. The summed E-state index contributed by atoms with van der Waals surface area (Å²) < 4.78 is 13.7. The van der Waals surface area contributed by atoms with Crippen molar-refractivity contribution in [2.45, 2.75) is 51.9 Å². The molecule has 1 nitrogen and oxygen atoms in total. The van der Waals surface area contributed by atoms with Gasteiger partial charge in [-0.1, -0.05) is 20.8 Å². The van der Waals surface area contributed by atoms with Gasteiger partial charge in [-0.15, -0.1) is 0 Å². The fourth-order valence-electron chi connectivity index (χ4n) is 4.02. The van der Waals surface area contributed by atoms with E-state index in [1.165, 1.54) is 6.42 Å². The number of fused-ring (bicyclic) bond motifs is 3. The molecule has 2 heterocycles. The molecule has 80 valence electrons. The van der Waals surface area contributed by atoms with E-state index in [4.69, 9.17) is 0 Å². The van der Waals surface area contributed by atoms with Gasteiger partial charge in [0, 0.05) is 18.6 Å². The summed E-state index contributed by atoms with van der Waals surface area (Å²) in [5, 5.41) is 0. The number of hydrogen-bond donors (Lipinski definition) is 0. The molecule has 2 aliphatic heterocycles. The second kappa shape index (κ2) is 2.52. The van der Waals surface area contributed by atoms with Gasteiger partial charge in [-0.05, 0) is 30.1 Å². The monoisotopic (exact) mass is 197 g/mol. The molecule has 2 heteroatoms. The molecule has 0 spiro atoms. The number of rotatable bonds is 0. The van der Waals surface area contributed by atoms with E-state index in [9.17, 15) is 4.39 Å². The van der Waals surface area contributed by atoms with Crippen molar-refractivity contribution in [2.24, 2.45) is 17.3 Å². The summed E-state index contributed by atoms with van der Waals surface area (Å²) in [6, 6.07) is 0.947. The summed E-state index contributed by atoms with van der Waals surface area (Å²) in [5.41, 5.74) is 0.332. The van der Waals surface area contributed by atoms with Gasteiger partial charge in [0.2, 0.25) is 0 Å². The van der Waals surface area contributed by atoms with Crippen molar-refractivity contribution in [3.63, 3.8) is 0 Å². The van der Waals surface area contributed by atoms with Crippen molar-refractivity contribution in [3.8, 4) is 0 Å². The lowest BCUT2D eigenvalue weighted by Crippen LogP contribution is -2.44. The molecule has 5 unspecified atom stereocenters. The number of nitrogens with zero attached hydrogens (tertiary/aromatic N) is 1. The van der Waals surface area contributed by atoms with Gasteiger partial charge in [-0.3, -0.25) is 4.90 Å². The maximum absolute atomic E-state index is 13.7. The Hall–Kier alpha value is -0.110. The largest absolute Gasteiger partial charge is 0.293 e. The van der Waals surface area contributed by atoms with Crippen molar-refractivity contribution in [2.75, 3.05) is 6.54 Å². The van der Waals surface area contributed by atoms with Gasteiger partial charge < -0.3 is 0 Å². The van der Waals surface area contributed by atoms with Crippen molar-refractivity contribution in [1.82, 2.24) is 4.90 Å². The normalized spacial score (nSPS) is 51.9. The van der Waals surface area contributed by atoms with Crippen LogP contribution in [0.3, 0.4) is 0 Å². The lowest BCUT2D eigenvalue weighted by Gasteiger charge is -2.37. The molecule has 0 aromatic carbocycles. The summed E-state index contributed by atoms with van der Waals surface area (Å²) in [4.78, 5) is 2.48. The maximum Gasteiger partial charge on any atom is 0.117 e. The number of hydrogen-bond acceptors (Lipinski definition) is 1. The van der Waals surface area contributed by atoms with Crippen molar-refractivity contribution >= 4 is 0 Å². The number of halogens is 1. The summed E-state index contributed by atoms with van der Waals surface area (Å²) in [7, 11) is 0. The van der Waals surface area contributed by atoms with Crippen LogP contribution >= 0.6 is 0 Å². The van der Waals surface area contributed by atoms with Gasteiger partial charge >= 0.3 is 0 Å². The van der Waals surface area contributed by atoms with Crippen LogP contribution in [0.4, 0.5) is 4.39 Å². The first-order chi connectivity index (χ1) is 6.50. The molecule has 2 saturated heterocycles. The molecule has 0 bridgehead atoms. The molecule has 0 aromatic rings. The SMILES string of the molecule is CC(C)(C)C1C2CC2C2C(F)CCN21. The van der Waals surface area contributed by atoms with E-state index in [2.05, 4.69) is 25.7 Å². The number of piperidine rings is 1. The first kappa shape index (κ1) is 9.14. The van der Waals surface area contributed by atoms with Crippen molar-refractivity contribution in [3.05, 3.63) is 0 Å². The van der Waals surface area contributed by atoms with Crippen LogP contribution in [-0.4, -0.2) is 29.7 Å². The molecule has 14 heavy (non-hydrogen) atoms. The van der Waals surface area contributed by atoms with Crippen LogP contribution in [-0.2, 0) is 0 Å². The van der Waals surface area contributed by atoms with Crippen LogP contribution < -0.4 is 0 Å². The molecule has 3 aliphatic rings. The van der Waals surface area contributed by atoms with E-state index in [0.717, 1.165) is 18.9 Å². The second-order valence-electron chi connectivity index (χ2n) is 6.41. The topological polar surface area (TPSA) is 3.24 Å². The van der Waals surface area contributed by atoms with Crippen LogP contribution in [0.25, 0.3) is 0 Å². The summed E-state index contributed by atoms with van der Waals surface area (Å²) in [6.45, 7) is 7.92. The minimum atomic E-state index is -0.530. The van der Waals surface area contributed by atoms with Crippen LogP contribution in [0.1, 0.15) is 33.6 Å². The molecule has 1 aliphatic carbocycles. The van der Waals surface area contributed by atoms with Crippen molar-refractivity contribution < 1.29 is 4.39 Å². The van der Waals surface area contributed by atoms with E-state index in [1.807, 2.05) is 0 Å². The average Bonchev–Trinajstić information content (AvgIpc) is 2.57. The molecule has 3 fully saturated rings. The van der Waals surface area contributed by atoms with Crippen LogP contribution in [0.2, 0.25) is 0 Å². The van der Waals surface area contributed by atoms with E-state index < -0.39 is 6.17 Å². The first-order valence-electron chi connectivity index (χ1n) is 5.90. The Balaban J connectivity index is 1.89. The molecule has 3 rings (SSSR count). The molecular weight excluding hydrogens is 177 g/mol. The van der Waals surface area contributed by atoms with Gasteiger partial charge in [0.15, 0.2) is 0 Å². The van der Waals surface area contributed by atoms with Gasteiger partial charge in [0.1, 0.15) is 6.17 Å². The van der Waals surface area contributed by atoms with E-state index in [0.29, 0.717) is 23.4 Å². The van der Waals surface area contributed by atoms with Crippen LogP contribution in [0.5, 0.6) is 0 Å². The lowest BCUT2D eigenvalue weighted by atomic mass is 9.83. The maximum atomic E-state index is 13.7. The molecule has 0 N–H and O–H groups in total. The highest BCUT2D eigenvalue weighted by molar-refractivity contribution is 5.16. The zero-order valence-electron chi connectivity index (χ0n) is 9.33. The molecule has 5 atom stereocenters. The highest BCUT2D eigenvalue weighted by Gasteiger charge is 2.64. The van der Waals surface area contributed by atoms with E-state index >= 15 is 0 Å². The quantitative estimate of drug-likeness (QED) is 0.576. The Morgan fingerprint density at radius 1 is 1.21 bits per heavy atom. The summed E-state index contributed by atoms with van der Waals surface area (Å²) in [5.74, 6) is 1.52. The predicted octanol–water partition coefficient (Wildman–Crippen LogP) is 2.46. The van der Waals surface area contributed by atoms with E-state index in [-0.39, 0.29) is 0 Å². The van der Waals surface area contributed by atoms with Gasteiger partial charge in [-0.25, -0.2) is 4.39 Å². The smallest absolute Gasteiger partial charge is 0.117 e. The molecule has 1 saturated carbocycles. The van der Waals surface area contributed by atoms with Crippen LogP contribution in [0, 0.1) is 17.3 Å². The summed E-state index contributed by atoms with van der Waals surface area (Å²) >= 11 is 0. The molecular formula is C12H20FN. The minimum absolute atomic E-state index is 0.296. The van der Waals surface area contributed by atoms with Gasteiger partial charge in [-0.2, -0.15) is 0 Å². The minimum Gasteiger partial charge on any atom is -0.293 e. The Bertz CT molecular complexity index is 258. The standard InChI is InChI=1S/C12H20FN/c1-12(2,3)11-8-6-7(8)10-9(13)4-5-14(10)11/h7-11H,4-6H2,1-3H3. The summed E-state index contributed by atoms with van der Waals surface area (Å²) in [6.07, 6.45) is 1.54. The third kappa shape index (κ3) is 1.04. The van der Waals surface area contributed by atoms with E-state index in [1.54, 1.807) is 0 Å². The fourth-order valence-corrected chi connectivity index (χ4v) is 4.02. The highest BCUT2D eigenvalue weighted by Crippen LogP contribution is 2.60. The Kier molecular flexibility index (Phi) is 1.65. The lowest BCUT2D eigenvalue weighted by molar-refractivity contribution is 0.0942. The van der Waals surface area contributed by atoms with Gasteiger partial charge in [0.05, 0.1) is 0 Å². The molecule has 0 amide bonds. The third-order valence-electron chi connectivity index (χ3n) is 4.40. The molecule has 0 radical (unpaired) electrons. The zero-order valence-corrected chi connectivity index (χ0v) is 9.33. The predicted molar refractivity (Wildman–Crippen MR) is 54.8 cm³/mol. The third-order valence-corrected chi connectivity index (χ3v) is 4.40. The Morgan fingerprint density at radius 3 is 2.57 bits per heavy atom. The Labute approximate surface area is 85.7 Å². The van der Waals surface area contributed by atoms with Crippen LogP contribution in [0.15, 0.2) is 0 Å². The average molecular weight is 197 g/mol. The second-order valence-corrected chi connectivity index (χ2v) is 6.41. The zero-order chi connectivity index (χ0) is 10.1. The fraction of sp³-hybridized carbons (Fsp3) is 1.00. The highest BCUT2D eigenvalue weighted by atomic mass is 19.1. The molecule has 0 aromatic heterocycles. The van der Waals surface area contributed by atoms with Gasteiger partial charge in [0.25, 0.3) is 0 Å². The van der Waals surface area contributed by atoms with Crippen molar-refractivity contribution in [1.29, 1.82) is 0 Å². The first-order valence-corrected chi connectivity index (χ1v) is 5.90.